The predicted octanol–water partition coefficient (Wildman–Crippen LogP) is 25.7. The van der Waals surface area contributed by atoms with E-state index in [0.29, 0.717) is 19.3 Å². The maximum absolute atomic E-state index is 13.0. The van der Waals surface area contributed by atoms with E-state index in [1.165, 1.54) is 321 Å². The number of esters is 3. The van der Waals surface area contributed by atoms with E-state index >= 15 is 0 Å². The first-order valence-electron chi connectivity index (χ1n) is 37.3. The molecule has 0 aliphatic rings. The van der Waals surface area contributed by atoms with Crippen molar-refractivity contribution in [2.24, 2.45) is 0 Å². The van der Waals surface area contributed by atoms with Gasteiger partial charge in [0, 0.05) is 19.3 Å². The van der Waals surface area contributed by atoms with Crippen LogP contribution in [0.4, 0.5) is 0 Å². The Morgan fingerprint density at radius 2 is 0.439 bits per heavy atom. The lowest BCUT2D eigenvalue weighted by atomic mass is 10.0. The molecular weight excluding hydrogens is 1010 g/mol. The molecule has 0 aromatic carbocycles. The summed E-state index contributed by atoms with van der Waals surface area (Å²) in [5.41, 5.74) is 0. The van der Waals surface area contributed by atoms with Crippen LogP contribution in [0.25, 0.3) is 0 Å². The van der Waals surface area contributed by atoms with E-state index in [4.69, 9.17) is 14.2 Å². The zero-order valence-corrected chi connectivity index (χ0v) is 55.8. The second-order valence-corrected chi connectivity index (χ2v) is 25.6. The highest BCUT2D eigenvalue weighted by molar-refractivity contribution is 5.71. The third kappa shape index (κ3) is 68.7. The van der Waals surface area contributed by atoms with Gasteiger partial charge in [0.2, 0.25) is 0 Å². The number of carbonyl (C=O) groups is 3. The molecule has 0 amide bonds. The average molecular weight is 1150 g/mol. The van der Waals surface area contributed by atoms with Crippen molar-refractivity contribution in [3.05, 3.63) is 24.3 Å². The van der Waals surface area contributed by atoms with Gasteiger partial charge in [0.05, 0.1) is 0 Å². The fourth-order valence-corrected chi connectivity index (χ4v) is 11.6. The Morgan fingerprint density at radius 3 is 0.671 bits per heavy atom. The molecule has 6 nitrogen and oxygen atoms in total. The van der Waals surface area contributed by atoms with E-state index in [0.717, 1.165) is 64.2 Å². The van der Waals surface area contributed by atoms with Crippen molar-refractivity contribution in [2.45, 2.75) is 431 Å². The Kier molecular flexibility index (Phi) is 69.5. The summed E-state index contributed by atoms with van der Waals surface area (Å²) in [4.78, 5) is 38.5. The van der Waals surface area contributed by atoms with Crippen molar-refractivity contribution in [3.8, 4) is 0 Å². The largest absolute Gasteiger partial charge is 0.462 e. The van der Waals surface area contributed by atoms with Gasteiger partial charge in [-0.1, -0.05) is 379 Å². The maximum Gasteiger partial charge on any atom is 0.306 e. The fraction of sp³-hybridized carbons (Fsp3) is 0.908. The smallest absolute Gasteiger partial charge is 0.306 e. The maximum atomic E-state index is 13.0. The molecule has 0 bridgehead atoms. The quantitative estimate of drug-likeness (QED) is 0.0261. The molecule has 0 fully saturated rings. The topological polar surface area (TPSA) is 78.9 Å². The molecule has 0 saturated carbocycles. The molecule has 0 aromatic heterocycles. The lowest BCUT2D eigenvalue weighted by Gasteiger charge is -2.18. The van der Waals surface area contributed by atoms with Crippen LogP contribution in [-0.4, -0.2) is 37.2 Å². The van der Waals surface area contributed by atoms with Crippen LogP contribution in [0.2, 0.25) is 0 Å². The number of allylic oxidation sites excluding steroid dienone is 4. The van der Waals surface area contributed by atoms with Gasteiger partial charge in [-0.15, -0.1) is 0 Å². The summed E-state index contributed by atoms with van der Waals surface area (Å²) in [6, 6.07) is 0. The molecule has 0 saturated heterocycles. The number of ether oxygens (including phenoxy) is 3. The summed E-state index contributed by atoms with van der Waals surface area (Å²) in [7, 11) is 0. The van der Waals surface area contributed by atoms with E-state index < -0.39 is 6.10 Å². The molecule has 0 N–H and O–H groups in total. The van der Waals surface area contributed by atoms with Crippen LogP contribution in [-0.2, 0) is 28.6 Å². The molecule has 0 spiro atoms. The average Bonchev–Trinajstić information content (AvgIpc) is 3.47. The Morgan fingerprint density at radius 1 is 0.244 bits per heavy atom. The standard InChI is InChI=1S/C76H144O6/c1-4-7-10-13-16-19-22-25-28-30-32-33-34-35-36-37-38-39-40-41-42-43-45-46-48-51-54-57-60-63-66-69-75(78)81-72-73(71-80-74(77)68-65-62-59-56-53-50-27-24-21-18-15-12-9-6-3)82-76(79)70-67-64-61-58-55-52-49-47-44-31-29-26-23-20-17-14-11-8-5-2/h22,25,30,32,73H,4-21,23-24,26-29,31,33-72H2,1-3H3/b25-22-,32-30-. The number of hydrogen-bond donors (Lipinski definition) is 0. The summed E-state index contributed by atoms with van der Waals surface area (Å²) >= 11 is 0. The minimum atomic E-state index is -0.766. The van der Waals surface area contributed by atoms with Gasteiger partial charge in [0.25, 0.3) is 0 Å². The van der Waals surface area contributed by atoms with Crippen LogP contribution in [0, 0.1) is 0 Å². The van der Waals surface area contributed by atoms with Crippen molar-refractivity contribution in [1.29, 1.82) is 0 Å². The van der Waals surface area contributed by atoms with Gasteiger partial charge in [-0.25, -0.2) is 0 Å². The van der Waals surface area contributed by atoms with Crippen LogP contribution in [0.5, 0.6) is 0 Å². The van der Waals surface area contributed by atoms with Gasteiger partial charge in [-0.2, -0.15) is 0 Å². The number of rotatable bonds is 70. The number of unbranched alkanes of at least 4 members (excludes halogenated alkanes) is 55. The lowest BCUT2D eigenvalue weighted by molar-refractivity contribution is -0.167. The van der Waals surface area contributed by atoms with Gasteiger partial charge in [0.15, 0.2) is 6.10 Å². The minimum Gasteiger partial charge on any atom is -0.462 e. The van der Waals surface area contributed by atoms with E-state index in [9.17, 15) is 14.4 Å². The fourth-order valence-electron chi connectivity index (χ4n) is 11.6. The van der Waals surface area contributed by atoms with E-state index in [1.54, 1.807) is 0 Å². The third-order valence-electron chi connectivity index (χ3n) is 17.2. The van der Waals surface area contributed by atoms with Crippen LogP contribution in [0.1, 0.15) is 425 Å². The summed E-state index contributed by atoms with van der Waals surface area (Å²) < 4.78 is 17.0. The molecule has 1 atom stereocenters. The lowest BCUT2D eigenvalue weighted by Crippen LogP contribution is -2.30. The highest BCUT2D eigenvalue weighted by Gasteiger charge is 2.20. The Balaban J connectivity index is 4.15. The SMILES string of the molecule is CCCCCCC/C=C\C/C=C\CCCCCCCCCCCCCCCCCCCCCC(=O)OCC(COC(=O)CCCCCCCCCCCCCCCC)OC(=O)CCCCCCCCCCCCCCCCCCCCC. The molecule has 0 aliphatic carbocycles. The highest BCUT2D eigenvalue weighted by atomic mass is 16.6. The molecular formula is C76H144O6. The van der Waals surface area contributed by atoms with Crippen LogP contribution in [0.3, 0.4) is 0 Å². The molecule has 0 aliphatic heterocycles. The van der Waals surface area contributed by atoms with E-state index in [-0.39, 0.29) is 31.1 Å². The van der Waals surface area contributed by atoms with Crippen molar-refractivity contribution in [1.82, 2.24) is 0 Å². The molecule has 82 heavy (non-hydrogen) atoms. The summed E-state index contributed by atoms with van der Waals surface area (Å²) in [6.45, 7) is 6.72. The van der Waals surface area contributed by atoms with Crippen molar-refractivity contribution in [2.75, 3.05) is 13.2 Å². The van der Waals surface area contributed by atoms with Crippen molar-refractivity contribution in [3.63, 3.8) is 0 Å². The van der Waals surface area contributed by atoms with Gasteiger partial charge in [-0.05, 0) is 51.4 Å². The zero-order valence-electron chi connectivity index (χ0n) is 55.8. The normalized spacial score (nSPS) is 12.1. The van der Waals surface area contributed by atoms with E-state index in [1.807, 2.05) is 0 Å². The highest BCUT2D eigenvalue weighted by Crippen LogP contribution is 2.19. The second-order valence-electron chi connectivity index (χ2n) is 25.6. The minimum absolute atomic E-state index is 0.0626. The zero-order chi connectivity index (χ0) is 59.2. The third-order valence-corrected chi connectivity index (χ3v) is 17.2. The molecule has 0 rings (SSSR count). The van der Waals surface area contributed by atoms with Crippen molar-refractivity contribution < 1.29 is 28.6 Å². The predicted molar refractivity (Wildman–Crippen MR) is 358 cm³/mol. The molecule has 484 valence electrons. The second kappa shape index (κ2) is 71.4. The molecule has 0 radical (unpaired) electrons. The van der Waals surface area contributed by atoms with E-state index in [2.05, 4.69) is 45.1 Å². The first-order chi connectivity index (χ1) is 40.5. The van der Waals surface area contributed by atoms with Crippen LogP contribution in [0.15, 0.2) is 24.3 Å². The van der Waals surface area contributed by atoms with Gasteiger partial charge < -0.3 is 14.2 Å². The molecule has 0 heterocycles. The van der Waals surface area contributed by atoms with Gasteiger partial charge >= 0.3 is 17.9 Å². The summed E-state index contributed by atoms with van der Waals surface area (Å²) in [5, 5.41) is 0. The first kappa shape index (κ1) is 79.9. The van der Waals surface area contributed by atoms with Gasteiger partial charge in [0.1, 0.15) is 13.2 Å². The first-order valence-corrected chi connectivity index (χ1v) is 37.3. The Hall–Kier alpha value is -2.11. The molecule has 0 aromatic rings. The number of hydrogen-bond acceptors (Lipinski definition) is 6. The van der Waals surface area contributed by atoms with Crippen LogP contribution >= 0.6 is 0 Å². The monoisotopic (exact) mass is 1150 g/mol. The Bertz CT molecular complexity index is 1320. The molecule has 6 heteroatoms. The van der Waals surface area contributed by atoms with Gasteiger partial charge in [-0.3, -0.25) is 14.4 Å². The molecule has 1 unspecified atom stereocenters. The Labute approximate surface area is 513 Å². The van der Waals surface area contributed by atoms with Crippen molar-refractivity contribution >= 4 is 17.9 Å². The summed E-state index contributed by atoms with van der Waals surface area (Å²) in [5.74, 6) is -0.825. The number of carbonyl (C=O) groups excluding carboxylic acids is 3. The van der Waals surface area contributed by atoms with Crippen LogP contribution < -0.4 is 0 Å². The summed E-state index contributed by atoms with van der Waals surface area (Å²) in [6.07, 6.45) is 87.9.